The minimum Gasteiger partial charge on any atom is -0.392 e. The number of carbonyl (C=O) groups is 1. The zero-order valence-electron chi connectivity index (χ0n) is 11.9. The number of nitrogens with zero attached hydrogens (tertiary/aromatic N) is 1. The molecule has 4 heteroatoms. The van der Waals surface area contributed by atoms with Crippen LogP contribution in [0.15, 0.2) is 24.3 Å². The summed E-state index contributed by atoms with van der Waals surface area (Å²) in [7, 11) is 0. The Hall–Kier alpha value is -1.42. The number of hydrogen-bond acceptors (Lipinski definition) is 2. The molecule has 1 saturated carbocycles. The quantitative estimate of drug-likeness (QED) is 0.851. The monoisotopic (exact) mass is 288 g/mol. The normalized spacial score (nSPS) is 31.6. The molecule has 1 heterocycles. The number of anilines is 1. The van der Waals surface area contributed by atoms with Gasteiger partial charge in [0.05, 0.1) is 4.99 Å². The third-order valence-electron chi connectivity index (χ3n) is 4.70. The lowest BCUT2D eigenvalue weighted by Crippen LogP contribution is -2.58. The van der Waals surface area contributed by atoms with Gasteiger partial charge in [-0.25, -0.2) is 0 Å². The van der Waals surface area contributed by atoms with Crippen molar-refractivity contribution in [2.75, 3.05) is 4.90 Å². The molecule has 0 bridgehead atoms. The summed E-state index contributed by atoms with van der Waals surface area (Å²) in [6, 6.07) is 8.30. The second-order valence-corrected chi connectivity index (χ2v) is 6.76. The van der Waals surface area contributed by atoms with Gasteiger partial charge in [-0.1, -0.05) is 37.3 Å². The Morgan fingerprint density at radius 1 is 1.35 bits per heavy atom. The van der Waals surface area contributed by atoms with Crippen LogP contribution in [0.1, 0.15) is 32.3 Å². The van der Waals surface area contributed by atoms with E-state index in [1.54, 1.807) is 0 Å². The van der Waals surface area contributed by atoms with Crippen LogP contribution in [0.5, 0.6) is 0 Å². The van der Waals surface area contributed by atoms with Gasteiger partial charge in [-0.3, -0.25) is 4.79 Å². The molecule has 2 N–H and O–H groups in total. The highest BCUT2D eigenvalue weighted by Crippen LogP contribution is 2.49. The molecule has 20 heavy (non-hydrogen) atoms. The molecule has 1 aliphatic heterocycles. The topological polar surface area (TPSA) is 46.3 Å². The molecule has 1 aromatic carbocycles. The Bertz CT molecular complexity index is 578. The van der Waals surface area contributed by atoms with Crippen LogP contribution in [0, 0.1) is 11.3 Å². The molecule has 0 saturated heterocycles. The second-order valence-electron chi connectivity index (χ2n) is 6.32. The Balaban J connectivity index is 1.97. The van der Waals surface area contributed by atoms with E-state index in [9.17, 15) is 4.79 Å². The van der Waals surface area contributed by atoms with Crippen LogP contribution in [-0.2, 0) is 11.2 Å². The third-order valence-corrected chi connectivity index (χ3v) is 5.09. The summed E-state index contributed by atoms with van der Waals surface area (Å²) in [4.78, 5) is 15.3. The van der Waals surface area contributed by atoms with Gasteiger partial charge in [0, 0.05) is 11.7 Å². The number of fused-ring (bicyclic) bond motifs is 1. The lowest BCUT2D eigenvalue weighted by Gasteiger charge is -2.46. The number of amides is 1. The lowest BCUT2D eigenvalue weighted by molar-refractivity contribution is -0.130. The van der Waals surface area contributed by atoms with E-state index >= 15 is 0 Å². The van der Waals surface area contributed by atoms with E-state index in [1.165, 1.54) is 5.56 Å². The largest absolute Gasteiger partial charge is 0.392 e. The number of thiocarbonyl (C=S) groups is 1. The Morgan fingerprint density at radius 2 is 2.00 bits per heavy atom. The first-order valence-corrected chi connectivity index (χ1v) is 7.58. The highest BCUT2D eigenvalue weighted by molar-refractivity contribution is 7.80. The first kappa shape index (κ1) is 13.6. The fraction of sp³-hybridized carbons (Fsp3) is 0.500. The molecule has 1 unspecified atom stereocenters. The van der Waals surface area contributed by atoms with Crippen molar-refractivity contribution in [2.24, 2.45) is 17.1 Å². The molecule has 1 aliphatic carbocycles. The molecule has 0 aromatic heterocycles. The minimum absolute atomic E-state index is 0.0977. The van der Waals surface area contributed by atoms with Crippen molar-refractivity contribution in [3.05, 3.63) is 29.8 Å². The van der Waals surface area contributed by atoms with Crippen molar-refractivity contribution in [1.29, 1.82) is 0 Å². The molecular formula is C16H20N2OS. The standard InChI is InChI=1S/C16H20N2OS/c1-10-8-16(9-10,14(17)20)15(19)18-11(2)7-12-5-3-4-6-13(12)18/h3-6,10-11H,7-9H2,1-2H3,(H2,17,20). The molecule has 1 fully saturated rings. The van der Waals surface area contributed by atoms with Crippen molar-refractivity contribution < 1.29 is 4.79 Å². The van der Waals surface area contributed by atoms with E-state index in [4.69, 9.17) is 18.0 Å². The van der Waals surface area contributed by atoms with Crippen LogP contribution in [0.25, 0.3) is 0 Å². The predicted octanol–water partition coefficient (Wildman–Crippen LogP) is 2.67. The van der Waals surface area contributed by atoms with Crippen molar-refractivity contribution >= 4 is 28.8 Å². The zero-order valence-corrected chi connectivity index (χ0v) is 12.7. The van der Waals surface area contributed by atoms with Crippen LogP contribution in [-0.4, -0.2) is 16.9 Å². The smallest absolute Gasteiger partial charge is 0.240 e. The van der Waals surface area contributed by atoms with E-state index < -0.39 is 5.41 Å². The van der Waals surface area contributed by atoms with Gasteiger partial charge in [-0.2, -0.15) is 0 Å². The molecular weight excluding hydrogens is 268 g/mol. The van der Waals surface area contributed by atoms with Crippen molar-refractivity contribution in [2.45, 2.75) is 39.2 Å². The average molecular weight is 288 g/mol. The first-order valence-electron chi connectivity index (χ1n) is 7.17. The lowest BCUT2D eigenvalue weighted by atomic mass is 9.61. The fourth-order valence-corrected chi connectivity index (χ4v) is 3.97. The Morgan fingerprint density at radius 3 is 2.60 bits per heavy atom. The maximum atomic E-state index is 13.1. The number of benzene rings is 1. The summed E-state index contributed by atoms with van der Waals surface area (Å²) in [6.45, 7) is 4.23. The van der Waals surface area contributed by atoms with Crippen molar-refractivity contribution in [3.63, 3.8) is 0 Å². The number of rotatable bonds is 2. The van der Waals surface area contributed by atoms with Gasteiger partial charge >= 0.3 is 0 Å². The molecule has 1 amide bonds. The molecule has 1 aromatic rings. The molecule has 2 aliphatic rings. The number of para-hydroxylation sites is 1. The third kappa shape index (κ3) is 1.78. The predicted molar refractivity (Wildman–Crippen MR) is 84.7 cm³/mol. The highest BCUT2D eigenvalue weighted by Gasteiger charge is 2.54. The molecule has 106 valence electrons. The molecule has 0 spiro atoms. The number of carbonyl (C=O) groups excluding carboxylic acids is 1. The highest BCUT2D eigenvalue weighted by atomic mass is 32.1. The van der Waals surface area contributed by atoms with Crippen LogP contribution in [0.4, 0.5) is 5.69 Å². The van der Waals surface area contributed by atoms with Gasteiger partial charge < -0.3 is 10.6 Å². The summed E-state index contributed by atoms with van der Waals surface area (Å²) in [5.41, 5.74) is 7.57. The van der Waals surface area contributed by atoms with Gasteiger partial charge in [0.25, 0.3) is 0 Å². The zero-order chi connectivity index (χ0) is 14.5. The van der Waals surface area contributed by atoms with Gasteiger partial charge in [0.2, 0.25) is 5.91 Å². The minimum atomic E-state index is -0.611. The van der Waals surface area contributed by atoms with Gasteiger partial charge in [-0.05, 0) is 43.7 Å². The Labute approximate surface area is 125 Å². The van der Waals surface area contributed by atoms with Crippen molar-refractivity contribution in [3.8, 4) is 0 Å². The maximum absolute atomic E-state index is 13.1. The van der Waals surface area contributed by atoms with Crippen LogP contribution in [0.3, 0.4) is 0 Å². The summed E-state index contributed by atoms with van der Waals surface area (Å²) < 4.78 is 0. The van der Waals surface area contributed by atoms with Gasteiger partial charge in [0.1, 0.15) is 5.41 Å². The summed E-state index contributed by atoms with van der Waals surface area (Å²) >= 11 is 5.21. The number of hydrogen-bond donors (Lipinski definition) is 1. The van der Waals surface area contributed by atoms with Crippen molar-refractivity contribution in [1.82, 2.24) is 0 Å². The van der Waals surface area contributed by atoms with Gasteiger partial charge in [-0.15, -0.1) is 0 Å². The fourth-order valence-electron chi connectivity index (χ4n) is 3.72. The van der Waals surface area contributed by atoms with E-state index in [0.717, 1.165) is 24.9 Å². The molecule has 1 atom stereocenters. The molecule has 3 nitrogen and oxygen atoms in total. The second kappa shape index (κ2) is 4.55. The van der Waals surface area contributed by atoms with E-state index in [2.05, 4.69) is 19.9 Å². The average Bonchev–Trinajstić information content (AvgIpc) is 2.69. The van der Waals surface area contributed by atoms with Crippen LogP contribution in [0.2, 0.25) is 0 Å². The SMILES string of the molecule is CC1CC(C(=O)N2c3ccccc3CC2C)(C(N)=S)C1. The van der Waals surface area contributed by atoms with Crippen LogP contribution < -0.4 is 10.6 Å². The Kier molecular flexibility index (Phi) is 3.09. The van der Waals surface area contributed by atoms with Crippen LogP contribution >= 0.6 is 12.2 Å². The van der Waals surface area contributed by atoms with Gasteiger partial charge in [0.15, 0.2) is 0 Å². The first-order chi connectivity index (χ1) is 9.45. The summed E-state index contributed by atoms with van der Waals surface area (Å²) in [5.74, 6) is 0.620. The summed E-state index contributed by atoms with van der Waals surface area (Å²) in [5, 5.41) is 0. The van der Waals surface area contributed by atoms with E-state index in [1.807, 2.05) is 23.1 Å². The maximum Gasteiger partial charge on any atom is 0.240 e. The molecule has 0 radical (unpaired) electrons. The molecule has 3 rings (SSSR count). The van der Waals surface area contributed by atoms with E-state index in [0.29, 0.717) is 10.9 Å². The summed E-state index contributed by atoms with van der Waals surface area (Å²) in [6.07, 6.45) is 2.48. The van der Waals surface area contributed by atoms with E-state index in [-0.39, 0.29) is 11.9 Å². The number of nitrogens with two attached hydrogens (primary N) is 1.